The Morgan fingerprint density at radius 3 is 2.90 bits per heavy atom. The van der Waals surface area contributed by atoms with Crippen molar-refractivity contribution in [1.82, 2.24) is 25.3 Å². The molecular formula is C21H23N5O3. The van der Waals surface area contributed by atoms with Crippen LogP contribution in [0.25, 0.3) is 11.3 Å². The van der Waals surface area contributed by atoms with Gasteiger partial charge in [-0.1, -0.05) is 12.1 Å². The topological polar surface area (TPSA) is 93.2 Å². The molecule has 1 fully saturated rings. The van der Waals surface area contributed by atoms with E-state index in [1.54, 1.807) is 24.1 Å². The van der Waals surface area contributed by atoms with E-state index in [-0.39, 0.29) is 12.0 Å². The average Bonchev–Trinajstić information content (AvgIpc) is 3.25. The van der Waals surface area contributed by atoms with Crippen molar-refractivity contribution in [1.29, 1.82) is 0 Å². The number of aromatic nitrogens is 4. The van der Waals surface area contributed by atoms with Crippen molar-refractivity contribution >= 4 is 5.91 Å². The molecule has 3 heterocycles. The SMILES string of the molecule is COc1cccc(-c2cc(C(=O)N3CCCC(Oc4ccc(C)nn4)C3)[nH]n2)c1. The van der Waals surface area contributed by atoms with Gasteiger partial charge in [0.05, 0.1) is 25.0 Å². The number of rotatable bonds is 5. The van der Waals surface area contributed by atoms with Crippen LogP contribution in [-0.4, -0.2) is 57.5 Å². The second-order valence-corrected chi connectivity index (χ2v) is 7.05. The van der Waals surface area contributed by atoms with Crippen LogP contribution in [-0.2, 0) is 0 Å². The van der Waals surface area contributed by atoms with E-state index in [4.69, 9.17) is 9.47 Å². The largest absolute Gasteiger partial charge is 0.497 e. The van der Waals surface area contributed by atoms with Gasteiger partial charge in [0.2, 0.25) is 5.88 Å². The van der Waals surface area contributed by atoms with Gasteiger partial charge in [0.25, 0.3) is 5.91 Å². The van der Waals surface area contributed by atoms with Crippen molar-refractivity contribution in [2.75, 3.05) is 20.2 Å². The maximum Gasteiger partial charge on any atom is 0.272 e. The number of aromatic amines is 1. The Bertz CT molecular complexity index is 986. The standard InChI is InChI=1S/C21H23N5O3/c1-14-8-9-20(25-22-14)29-17-7-4-10-26(13-17)21(27)19-12-18(23-24-19)15-5-3-6-16(11-15)28-2/h3,5-6,8-9,11-12,17H,4,7,10,13H2,1-2H3,(H,23,24). The molecule has 0 aliphatic carbocycles. The van der Waals surface area contributed by atoms with E-state index in [0.29, 0.717) is 30.4 Å². The Kier molecular flexibility index (Phi) is 5.41. The normalized spacial score (nSPS) is 16.5. The second kappa shape index (κ2) is 8.30. The number of hydrogen-bond acceptors (Lipinski definition) is 6. The molecule has 2 aromatic heterocycles. The number of carbonyl (C=O) groups is 1. The Morgan fingerprint density at radius 2 is 2.10 bits per heavy atom. The molecule has 150 valence electrons. The van der Waals surface area contributed by atoms with Crippen LogP contribution in [0.1, 0.15) is 29.0 Å². The minimum absolute atomic E-state index is 0.0880. The van der Waals surface area contributed by atoms with Crippen LogP contribution < -0.4 is 9.47 Å². The lowest BCUT2D eigenvalue weighted by molar-refractivity contribution is 0.0520. The number of aryl methyl sites for hydroxylation is 1. The van der Waals surface area contributed by atoms with E-state index in [0.717, 1.165) is 29.8 Å². The predicted octanol–water partition coefficient (Wildman–Crippen LogP) is 2.87. The first kappa shape index (κ1) is 18.9. The van der Waals surface area contributed by atoms with E-state index in [1.807, 2.05) is 37.3 Å². The number of piperidine rings is 1. The maximum atomic E-state index is 13.0. The van der Waals surface area contributed by atoms with Crippen molar-refractivity contribution in [2.24, 2.45) is 0 Å². The van der Waals surface area contributed by atoms with E-state index in [2.05, 4.69) is 20.4 Å². The number of methoxy groups -OCH3 is 1. The smallest absolute Gasteiger partial charge is 0.272 e. The van der Waals surface area contributed by atoms with Gasteiger partial charge >= 0.3 is 0 Å². The molecule has 0 bridgehead atoms. The average molecular weight is 393 g/mol. The molecule has 1 amide bonds. The first-order chi connectivity index (χ1) is 14.1. The molecule has 1 N–H and O–H groups in total. The third kappa shape index (κ3) is 4.37. The van der Waals surface area contributed by atoms with Crippen LogP contribution in [0.3, 0.4) is 0 Å². The van der Waals surface area contributed by atoms with Crippen LogP contribution in [0.4, 0.5) is 0 Å². The molecule has 1 unspecified atom stereocenters. The van der Waals surface area contributed by atoms with Crippen molar-refractivity contribution in [3.63, 3.8) is 0 Å². The molecule has 0 saturated carbocycles. The quantitative estimate of drug-likeness (QED) is 0.716. The Balaban J connectivity index is 1.43. The number of hydrogen-bond donors (Lipinski definition) is 1. The summed E-state index contributed by atoms with van der Waals surface area (Å²) in [5.74, 6) is 1.14. The van der Waals surface area contributed by atoms with Crippen LogP contribution in [0.5, 0.6) is 11.6 Å². The molecule has 0 radical (unpaired) electrons. The van der Waals surface area contributed by atoms with Gasteiger partial charge in [0, 0.05) is 18.2 Å². The predicted molar refractivity (Wildman–Crippen MR) is 107 cm³/mol. The zero-order chi connectivity index (χ0) is 20.2. The van der Waals surface area contributed by atoms with Gasteiger partial charge in [-0.25, -0.2) is 0 Å². The third-order valence-electron chi connectivity index (χ3n) is 4.90. The summed E-state index contributed by atoms with van der Waals surface area (Å²) in [5, 5.41) is 15.2. The Labute approximate surface area is 168 Å². The fourth-order valence-electron chi connectivity index (χ4n) is 3.37. The molecule has 29 heavy (non-hydrogen) atoms. The molecule has 4 rings (SSSR count). The second-order valence-electron chi connectivity index (χ2n) is 7.05. The number of likely N-dealkylation sites (tertiary alicyclic amines) is 1. The number of nitrogens with zero attached hydrogens (tertiary/aromatic N) is 4. The highest BCUT2D eigenvalue weighted by Crippen LogP contribution is 2.24. The Hall–Kier alpha value is -3.42. The highest BCUT2D eigenvalue weighted by atomic mass is 16.5. The summed E-state index contributed by atoms with van der Waals surface area (Å²) in [4.78, 5) is 14.7. The minimum atomic E-state index is -0.106. The molecule has 1 saturated heterocycles. The van der Waals surface area contributed by atoms with E-state index in [1.165, 1.54) is 0 Å². The van der Waals surface area contributed by atoms with Crippen LogP contribution in [0.15, 0.2) is 42.5 Å². The summed E-state index contributed by atoms with van der Waals surface area (Å²) in [6, 6.07) is 13.0. The van der Waals surface area contributed by atoms with Gasteiger partial charge in [-0.2, -0.15) is 10.2 Å². The lowest BCUT2D eigenvalue weighted by Gasteiger charge is -2.32. The third-order valence-corrected chi connectivity index (χ3v) is 4.90. The maximum absolute atomic E-state index is 13.0. The number of carbonyl (C=O) groups excluding carboxylic acids is 1. The summed E-state index contributed by atoms with van der Waals surface area (Å²) in [7, 11) is 1.62. The summed E-state index contributed by atoms with van der Waals surface area (Å²) in [6.45, 7) is 3.07. The molecule has 8 heteroatoms. The van der Waals surface area contributed by atoms with E-state index < -0.39 is 0 Å². The van der Waals surface area contributed by atoms with Gasteiger partial charge < -0.3 is 14.4 Å². The molecule has 1 aromatic carbocycles. The number of ether oxygens (including phenoxy) is 2. The highest BCUT2D eigenvalue weighted by molar-refractivity contribution is 5.93. The zero-order valence-electron chi connectivity index (χ0n) is 16.5. The van der Waals surface area contributed by atoms with Crippen LogP contribution in [0, 0.1) is 6.92 Å². The lowest BCUT2D eigenvalue weighted by Crippen LogP contribution is -2.44. The lowest BCUT2D eigenvalue weighted by atomic mass is 10.1. The van der Waals surface area contributed by atoms with Gasteiger partial charge in [-0.05, 0) is 44.0 Å². The van der Waals surface area contributed by atoms with Crippen LogP contribution in [0.2, 0.25) is 0 Å². The molecule has 3 aromatic rings. The summed E-state index contributed by atoms with van der Waals surface area (Å²) < 4.78 is 11.2. The molecule has 1 atom stereocenters. The van der Waals surface area contributed by atoms with Crippen LogP contribution >= 0.6 is 0 Å². The monoisotopic (exact) mass is 393 g/mol. The molecule has 8 nitrogen and oxygen atoms in total. The molecule has 1 aliphatic rings. The number of H-pyrrole nitrogens is 1. The molecular weight excluding hydrogens is 370 g/mol. The Morgan fingerprint density at radius 1 is 1.21 bits per heavy atom. The summed E-state index contributed by atoms with van der Waals surface area (Å²) in [5.41, 5.74) is 2.88. The van der Waals surface area contributed by atoms with E-state index in [9.17, 15) is 4.79 Å². The van der Waals surface area contributed by atoms with Crippen molar-refractivity contribution < 1.29 is 14.3 Å². The minimum Gasteiger partial charge on any atom is -0.497 e. The fraction of sp³-hybridized carbons (Fsp3) is 0.333. The summed E-state index contributed by atoms with van der Waals surface area (Å²) in [6.07, 6.45) is 1.63. The number of nitrogens with one attached hydrogen (secondary N) is 1. The first-order valence-corrected chi connectivity index (χ1v) is 9.58. The van der Waals surface area contributed by atoms with Gasteiger partial charge in [0.1, 0.15) is 17.5 Å². The van der Waals surface area contributed by atoms with Gasteiger partial charge in [0.15, 0.2) is 0 Å². The van der Waals surface area contributed by atoms with Crippen molar-refractivity contribution in [3.8, 4) is 22.9 Å². The van der Waals surface area contributed by atoms with E-state index >= 15 is 0 Å². The highest BCUT2D eigenvalue weighted by Gasteiger charge is 2.27. The van der Waals surface area contributed by atoms with Gasteiger partial charge in [-0.15, -0.1) is 5.10 Å². The molecule has 1 aliphatic heterocycles. The van der Waals surface area contributed by atoms with Crippen molar-refractivity contribution in [3.05, 3.63) is 53.9 Å². The summed E-state index contributed by atoms with van der Waals surface area (Å²) >= 11 is 0. The van der Waals surface area contributed by atoms with Gasteiger partial charge in [-0.3, -0.25) is 9.89 Å². The van der Waals surface area contributed by atoms with Crippen molar-refractivity contribution in [2.45, 2.75) is 25.9 Å². The first-order valence-electron chi connectivity index (χ1n) is 9.58. The fourth-order valence-corrected chi connectivity index (χ4v) is 3.37. The number of amides is 1. The number of benzene rings is 1. The molecule has 0 spiro atoms. The zero-order valence-corrected chi connectivity index (χ0v) is 16.5.